The molecular weight excluding hydrogens is 362 g/mol. The number of amides is 1. The van der Waals surface area contributed by atoms with Gasteiger partial charge in [-0.2, -0.15) is 0 Å². The molecule has 3 heterocycles. The topological polar surface area (TPSA) is 197 Å². The molecule has 27 heavy (non-hydrogen) atoms. The number of aliphatic hydroxyl groups is 4. The molecule has 7 N–H and O–H groups in total. The highest BCUT2D eigenvalue weighted by molar-refractivity contribution is 5.85. The summed E-state index contributed by atoms with van der Waals surface area (Å²) in [5.41, 5.74) is 1.53. The van der Waals surface area contributed by atoms with Crippen molar-refractivity contribution in [2.24, 2.45) is 5.73 Å². The number of carbonyl (C=O) groups excluding carboxylic acids is 1. The lowest BCUT2D eigenvalue weighted by atomic mass is 9.91. The summed E-state index contributed by atoms with van der Waals surface area (Å²) in [7, 11) is 0. The molecule has 12 nitrogen and oxygen atoms in total. The van der Waals surface area contributed by atoms with E-state index >= 15 is 0 Å². The molecule has 3 rings (SSSR count). The predicted molar refractivity (Wildman–Crippen MR) is 89.4 cm³/mol. The minimum atomic E-state index is -1.79. The number of aliphatic hydroxyl groups excluding tert-OH is 4. The monoisotopic (exact) mass is 383 g/mol. The second-order valence-corrected chi connectivity index (χ2v) is 7.05. The van der Waals surface area contributed by atoms with Gasteiger partial charge in [-0.15, -0.1) is 0 Å². The van der Waals surface area contributed by atoms with E-state index in [4.69, 9.17) is 10.5 Å². The highest BCUT2D eigenvalue weighted by Crippen LogP contribution is 2.37. The zero-order valence-corrected chi connectivity index (χ0v) is 14.7. The van der Waals surface area contributed by atoms with Crippen molar-refractivity contribution < 1.29 is 30.0 Å². The average molecular weight is 383 g/mol. The number of nitrogens with zero attached hydrogens (tertiary/aromatic N) is 3. The predicted octanol–water partition coefficient (Wildman–Crippen LogP) is -3.14. The molecule has 0 radical (unpaired) electrons. The van der Waals surface area contributed by atoms with Crippen molar-refractivity contribution in [3.8, 4) is 0 Å². The summed E-state index contributed by atoms with van der Waals surface area (Å²) in [4.78, 5) is 34.6. The van der Waals surface area contributed by atoms with Crippen LogP contribution in [0.4, 0.5) is 0 Å². The van der Waals surface area contributed by atoms with Gasteiger partial charge in [0, 0.05) is 0 Å². The molecule has 0 aliphatic carbocycles. The maximum atomic E-state index is 12.3. The Hall–Kier alpha value is -2.38. The summed E-state index contributed by atoms with van der Waals surface area (Å²) >= 11 is 0. The minimum Gasteiger partial charge on any atom is -0.393 e. The number of nitrogens with two attached hydrogens (primary N) is 1. The van der Waals surface area contributed by atoms with Crippen LogP contribution in [0.15, 0.2) is 11.1 Å². The van der Waals surface area contributed by atoms with Crippen LogP contribution in [-0.2, 0) is 14.9 Å². The summed E-state index contributed by atoms with van der Waals surface area (Å²) in [5.74, 6) is -0.735. The molecule has 0 saturated carbocycles. The number of rotatable bonds is 5. The average Bonchev–Trinajstić information content (AvgIpc) is 3.16. The lowest BCUT2D eigenvalue weighted by Gasteiger charge is -2.27. The molecule has 1 aliphatic heterocycles. The Bertz CT molecular complexity index is 932. The molecule has 148 valence electrons. The van der Waals surface area contributed by atoms with Gasteiger partial charge in [-0.3, -0.25) is 14.2 Å². The summed E-state index contributed by atoms with van der Waals surface area (Å²) in [6.45, 7) is 1.46. The normalized spacial score (nSPS) is 25.2. The van der Waals surface area contributed by atoms with E-state index in [-0.39, 0.29) is 17.0 Å². The van der Waals surface area contributed by atoms with E-state index in [0.717, 1.165) is 0 Å². The summed E-state index contributed by atoms with van der Waals surface area (Å²) in [6.07, 6.45) is -3.27. The molecule has 1 aliphatic rings. The van der Waals surface area contributed by atoms with Crippen LogP contribution < -0.4 is 11.3 Å². The fraction of sp³-hybridized carbons (Fsp3) is 0.600. The van der Waals surface area contributed by atoms with Gasteiger partial charge in [0.1, 0.15) is 29.0 Å². The number of H-pyrrole nitrogens is 1. The molecule has 0 spiro atoms. The molecule has 2 aromatic heterocycles. The van der Waals surface area contributed by atoms with Gasteiger partial charge < -0.3 is 35.9 Å². The van der Waals surface area contributed by atoms with Crippen LogP contribution in [0.1, 0.15) is 25.9 Å². The fourth-order valence-corrected chi connectivity index (χ4v) is 2.90. The van der Waals surface area contributed by atoms with Crippen LogP contribution in [0.25, 0.3) is 11.2 Å². The second kappa shape index (κ2) is 6.35. The lowest BCUT2D eigenvalue weighted by Crippen LogP contribution is -2.49. The summed E-state index contributed by atoms with van der Waals surface area (Å²) in [6, 6.07) is 0. The standard InChI is InChI=1S/C15H21N5O7/c1-14(2,12(16)26)13-18-9-6(10(25)19-13)17-5-20(9)11-7(23)8(24)15(3-21,4-22)27-11/h5,7-8,11,21-24H,3-4H2,1-2H3,(H2,16,26)(H,18,19,25)/t7-,8+,11-/m1/s1. The molecule has 1 amide bonds. The zero-order valence-electron chi connectivity index (χ0n) is 14.7. The molecule has 1 fully saturated rings. The first kappa shape index (κ1) is 19.4. The fourth-order valence-electron chi connectivity index (χ4n) is 2.90. The maximum Gasteiger partial charge on any atom is 0.279 e. The molecule has 0 unspecified atom stereocenters. The number of nitrogens with one attached hydrogen (secondary N) is 1. The molecule has 2 aromatic rings. The van der Waals surface area contributed by atoms with E-state index in [1.165, 1.54) is 24.7 Å². The Balaban J connectivity index is 2.15. The largest absolute Gasteiger partial charge is 0.393 e. The third-order valence-electron chi connectivity index (χ3n) is 4.96. The highest BCUT2D eigenvalue weighted by atomic mass is 16.6. The molecule has 1 saturated heterocycles. The molecule has 12 heteroatoms. The van der Waals surface area contributed by atoms with Crippen LogP contribution in [0.2, 0.25) is 0 Å². The third-order valence-corrected chi connectivity index (χ3v) is 4.96. The number of imidazole rings is 1. The smallest absolute Gasteiger partial charge is 0.279 e. The number of aromatic amines is 1. The Labute approximate surface area is 152 Å². The van der Waals surface area contributed by atoms with Crippen molar-refractivity contribution in [1.29, 1.82) is 0 Å². The Kier molecular flexibility index (Phi) is 4.56. The number of carbonyl (C=O) groups is 1. The number of hydrogen-bond donors (Lipinski definition) is 6. The van der Waals surface area contributed by atoms with Crippen LogP contribution >= 0.6 is 0 Å². The number of aromatic nitrogens is 4. The Morgan fingerprint density at radius 1 is 1.41 bits per heavy atom. The van der Waals surface area contributed by atoms with E-state index in [9.17, 15) is 30.0 Å². The number of fused-ring (bicyclic) bond motifs is 1. The van der Waals surface area contributed by atoms with E-state index in [1.54, 1.807) is 0 Å². The summed E-state index contributed by atoms with van der Waals surface area (Å²) < 4.78 is 6.70. The Morgan fingerprint density at radius 3 is 2.56 bits per heavy atom. The van der Waals surface area contributed by atoms with Crippen molar-refractivity contribution >= 4 is 17.1 Å². The maximum absolute atomic E-state index is 12.3. The van der Waals surface area contributed by atoms with Gasteiger partial charge in [-0.25, -0.2) is 9.97 Å². The van der Waals surface area contributed by atoms with Crippen molar-refractivity contribution in [2.75, 3.05) is 13.2 Å². The van der Waals surface area contributed by atoms with Gasteiger partial charge in [-0.1, -0.05) is 0 Å². The molecule has 0 aromatic carbocycles. The van der Waals surface area contributed by atoms with Crippen molar-refractivity contribution in [1.82, 2.24) is 19.5 Å². The van der Waals surface area contributed by atoms with E-state index in [1.807, 2.05) is 0 Å². The number of hydrogen-bond acceptors (Lipinski definition) is 9. The van der Waals surface area contributed by atoms with Crippen LogP contribution in [-0.4, -0.2) is 76.9 Å². The summed E-state index contributed by atoms with van der Waals surface area (Å²) in [5, 5.41) is 39.5. The third kappa shape index (κ3) is 2.73. The first-order chi connectivity index (χ1) is 12.6. The van der Waals surface area contributed by atoms with Gasteiger partial charge in [0.2, 0.25) is 5.91 Å². The van der Waals surface area contributed by atoms with Gasteiger partial charge >= 0.3 is 0 Å². The first-order valence-corrected chi connectivity index (χ1v) is 8.12. The van der Waals surface area contributed by atoms with Crippen LogP contribution in [0.3, 0.4) is 0 Å². The lowest BCUT2D eigenvalue weighted by molar-refractivity contribution is -0.149. The molecule has 0 bridgehead atoms. The van der Waals surface area contributed by atoms with E-state index in [2.05, 4.69) is 15.0 Å². The van der Waals surface area contributed by atoms with Gasteiger partial charge in [0.15, 0.2) is 17.4 Å². The van der Waals surface area contributed by atoms with E-state index < -0.39 is 54.1 Å². The first-order valence-electron chi connectivity index (χ1n) is 8.12. The van der Waals surface area contributed by atoms with Gasteiger partial charge in [0.25, 0.3) is 5.56 Å². The zero-order chi connectivity index (χ0) is 20.1. The number of ether oxygens (including phenoxy) is 1. The molecular formula is C15H21N5O7. The van der Waals surface area contributed by atoms with Crippen molar-refractivity contribution in [3.63, 3.8) is 0 Å². The minimum absolute atomic E-state index is 0.0159. The van der Waals surface area contributed by atoms with Gasteiger partial charge in [0.05, 0.1) is 19.5 Å². The number of primary amides is 1. The van der Waals surface area contributed by atoms with Crippen molar-refractivity contribution in [3.05, 3.63) is 22.5 Å². The van der Waals surface area contributed by atoms with Gasteiger partial charge in [-0.05, 0) is 13.8 Å². The van der Waals surface area contributed by atoms with Crippen LogP contribution in [0, 0.1) is 0 Å². The Morgan fingerprint density at radius 2 is 2.04 bits per heavy atom. The van der Waals surface area contributed by atoms with Crippen molar-refractivity contribution in [2.45, 2.75) is 43.3 Å². The highest BCUT2D eigenvalue weighted by Gasteiger charge is 2.54. The quantitative estimate of drug-likeness (QED) is 0.309. The second-order valence-electron chi connectivity index (χ2n) is 7.05. The molecule has 3 atom stereocenters. The van der Waals surface area contributed by atoms with Crippen LogP contribution in [0.5, 0.6) is 0 Å². The SMILES string of the molecule is CC(C)(C(N)=O)c1nc2c(ncn2[C@@H]2OC(CO)(CO)[C@@H](O)[C@H]2O)c(=O)[nH]1. The van der Waals surface area contributed by atoms with E-state index in [0.29, 0.717) is 0 Å².